The Balaban J connectivity index is 2.51. The van der Waals surface area contributed by atoms with Crippen molar-refractivity contribution in [3.05, 3.63) is 0 Å². The first-order valence-corrected chi connectivity index (χ1v) is 6.72. The minimum atomic E-state index is 0.586. The van der Waals surface area contributed by atoms with E-state index in [-0.39, 0.29) is 0 Å². The van der Waals surface area contributed by atoms with Gasteiger partial charge in [-0.3, -0.25) is 4.90 Å². The molecule has 1 saturated heterocycles. The van der Waals surface area contributed by atoms with E-state index in [1.807, 2.05) is 0 Å². The summed E-state index contributed by atoms with van der Waals surface area (Å²) in [6, 6.07) is 1.30. The highest BCUT2D eigenvalue weighted by atomic mass is 15.3. The Hall–Kier alpha value is -0.120. The van der Waals surface area contributed by atoms with Gasteiger partial charge < -0.3 is 10.6 Å². The van der Waals surface area contributed by atoms with Crippen LogP contribution in [0.3, 0.4) is 0 Å². The van der Waals surface area contributed by atoms with Crippen LogP contribution < -0.4 is 5.73 Å². The molecule has 1 aliphatic rings. The van der Waals surface area contributed by atoms with Crippen molar-refractivity contribution < 1.29 is 0 Å². The predicted molar refractivity (Wildman–Crippen MR) is 70.6 cm³/mol. The molecule has 2 N–H and O–H groups in total. The number of hydrogen-bond donors (Lipinski definition) is 1. The van der Waals surface area contributed by atoms with Crippen molar-refractivity contribution in [2.24, 2.45) is 11.7 Å². The number of nitrogens with zero attached hydrogens (tertiary/aromatic N) is 2. The maximum absolute atomic E-state index is 5.92. The van der Waals surface area contributed by atoms with Crippen molar-refractivity contribution in [2.45, 2.75) is 45.7 Å². The molecule has 0 aliphatic carbocycles. The monoisotopic (exact) mass is 227 g/mol. The third-order valence-corrected chi connectivity index (χ3v) is 3.81. The molecule has 2 unspecified atom stereocenters. The average molecular weight is 227 g/mol. The third kappa shape index (κ3) is 3.72. The van der Waals surface area contributed by atoms with Gasteiger partial charge in [0, 0.05) is 38.3 Å². The second-order valence-corrected chi connectivity index (χ2v) is 5.56. The summed E-state index contributed by atoms with van der Waals surface area (Å²) in [6.45, 7) is 11.2. The Bertz CT molecular complexity index is 194. The van der Waals surface area contributed by atoms with Gasteiger partial charge in [-0.2, -0.15) is 0 Å². The van der Waals surface area contributed by atoms with Gasteiger partial charge in [0.05, 0.1) is 0 Å². The third-order valence-electron chi connectivity index (χ3n) is 3.81. The summed E-state index contributed by atoms with van der Waals surface area (Å²) in [5, 5.41) is 0. The van der Waals surface area contributed by atoms with Crippen molar-refractivity contribution in [3.63, 3.8) is 0 Å². The van der Waals surface area contributed by atoms with Crippen LogP contribution in [-0.4, -0.2) is 55.1 Å². The van der Waals surface area contributed by atoms with E-state index in [2.05, 4.69) is 37.6 Å². The van der Waals surface area contributed by atoms with Crippen LogP contribution in [0.4, 0.5) is 0 Å². The van der Waals surface area contributed by atoms with Crippen LogP contribution in [0.1, 0.15) is 33.6 Å². The van der Waals surface area contributed by atoms with Gasteiger partial charge in [-0.1, -0.05) is 20.8 Å². The van der Waals surface area contributed by atoms with Crippen molar-refractivity contribution in [2.75, 3.05) is 33.2 Å². The van der Waals surface area contributed by atoms with Gasteiger partial charge in [0.25, 0.3) is 0 Å². The van der Waals surface area contributed by atoms with E-state index in [1.165, 1.54) is 32.5 Å². The lowest BCUT2D eigenvalue weighted by atomic mass is 10.00. The molecular weight excluding hydrogens is 198 g/mol. The molecule has 0 spiro atoms. The van der Waals surface area contributed by atoms with E-state index < -0.39 is 0 Å². The number of likely N-dealkylation sites (N-methyl/N-ethyl adjacent to an activating group) is 1. The van der Waals surface area contributed by atoms with Crippen LogP contribution in [-0.2, 0) is 0 Å². The average Bonchev–Trinajstić information content (AvgIpc) is 2.26. The van der Waals surface area contributed by atoms with E-state index in [1.54, 1.807) is 0 Å². The van der Waals surface area contributed by atoms with E-state index in [4.69, 9.17) is 5.73 Å². The molecule has 3 heteroatoms. The SMILES string of the molecule is CCC1CN(C(CN)CC(C)C)CCN1C. The lowest BCUT2D eigenvalue weighted by Gasteiger charge is -2.43. The second kappa shape index (κ2) is 6.58. The normalized spacial score (nSPS) is 26.2. The fourth-order valence-electron chi connectivity index (χ4n) is 2.68. The smallest absolute Gasteiger partial charge is 0.0222 e. The Morgan fingerprint density at radius 1 is 1.31 bits per heavy atom. The number of piperazine rings is 1. The topological polar surface area (TPSA) is 32.5 Å². The van der Waals surface area contributed by atoms with Crippen molar-refractivity contribution >= 4 is 0 Å². The standard InChI is InChI=1S/C13H29N3/c1-5-12-10-16(7-6-15(12)4)13(9-14)8-11(2)3/h11-13H,5-10,14H2,1-4H3. The molecule has 0 amide bonds. The molecule has 0 aromatic carbocycles. The van der Waals surface area contributed by atoms with Gasteiger partial charge in [0.2, 0.25) is 0 Å². The zero-order valence-corrected chi connectivity index (χ0v) is 11.4. The van der Waals surface area contributed by atoms with Crippen LogP contribution >= 0.6 is 0 Å². The molecule has 1 rings (SSSR count). The van der Waals surface area contributed by atoms with Crippen LogP contribution in [0.5, 0.6) is 0 Å². The van der Waals surface area contributed by atoms with Crippen molar-refractivity contribution in [3.8, 4) is 0 Å². The fourth-order valence-corrected chi connectivity index (χ4v) is 2.68. The highest BCUT2D eigenvalue weighted by Gasteiger charge is 2.27. The molecular formula is C13H29N3. The van der Waals surface area contributed by atoms with Gasteiger partial charge >= 0.3 is 0 Å². The first kappa shape index (κ1) is 13.9. The van der Waals surface area contributed by atoms with Crippen molar-refractivity contribution in [1.82, 2.24) is 9.80 Å². The zero-order valence-electron chi connectivity index (χ0n) is 11.4. The molecule has 3 nitrogen and oxygen atoms in total. The number of nitrogens with two attached hydrogens (primary N) is 1. The minimum Gasteiger partial charge on any atom is -0.329 e. The highest BCUT2D eigenvalue weighted by molar-refractivity contribution is 4.84. The minimum absolute atomic E-state index is 0.586. The molecule has 1 fully saturated rings. The summed E-state index contributed by atoms with van der Waals surface area (Å²) < 4.78 is 0. The first-order chi connectivity index (χ1) is 7.58. The van der Waals surface area contributed by atoms with Crippen LogP contribution in [0.25, 0.3) is 0 Å². The zero-order chi connectivity index (χ0) is 12.1. The summed E-state index contributed by atoms with van der Waals surface area (Å²) in [7, 11) is 2.24. The van der Waals surface area contributed by atoms with E-state index >= 15 is 0 Å². The molecule has 0 saturated carbocycles. The van der Waals surface area contributed by atoms with Gasteiger partial charge in [0.15, 0.2) is 0 Å². The number of hydrogen-bond acceptors (Lipinski definition) is 3. The lowest BCUT2D eigenvalue weighted by Crippen LogP contribution is -2.56. The molecule has 16 heavy (non-hydrogen) atoms. The molecule has 96 valence electrons. The molecule has 1 heterocycles. The van der Waals surface area contributed by atoms with Crippen LogP contribution in [0, 0.1) is 5.92 Å². The molecule has 0 bridgehead atoms. The highest BCUT2D eigenvalue weighted by Crippen LogP contribution is 2.17. The molecule has 2 atom stereocenters. The Morgan fingerprint density at radius 3 is 2.50 bits per heavy atom. The van der Waals surface area contributed by atoms with Gasteiger partial charge in [-0.15, -0.1) is 0 Å². The summed E-state index contributed by atoms with van der Waals surface area (Å²) in [6.07, 6.45) is 2.47. The quantitative estimate of drug-likeness (QED) is 0.770. The van der Waals surface area contributed by atoms with E-state index in [0.29, 0.717) is 6.04 Å². The Labute approximate surface area is 101 Å². The summed E-state index contributed by atoms with van der Waals surface area (Å²) in [5.74, 6) is 0.744. The maximum Gasteiger partial charge on any atom is 0.0222 e. The molecule has 0 aromatic heterocycles. The fraction of sp³-hybridized carbons (Fsp3) is 1.00. The summed E-state index contributed by atoms with van der Waals surface area (Å²) in [5.41, 5.74) is 5.92. The first-order valence-electron chi connectivity index (χ1n) is 6.72. The van der Waals surface area contributed by atoms with Crippen molar-refractivity contribution in [1.29, 1.82) is 0 Å². The Kier molecular flexibility index (Phi) is 5.73. The van der Waals surface area contributed by atoms with E-state index in [0.717, 1.165) is 18.5 Å². The molecule has 0 radical (unpaired) electrons. The largest absolute Gasteiger partial charge is 0.329 e. The van der Waals surface area contributed by atoms with Gasteiger partial charge in [-0.05, 0) is 25.8 Å². The summed E-state index contributed by atoms with van der Waals surface area (Å²) >= 11 is 0. The van der Waals surface area contributed by atoms with Crippen LogP contribution in [0.2, 0.25) is 0 Å². The van der Waals surface area contributed by atoms with E-state index in [9.17, 15) is 0 Å². The maximum atomic E-state index is 5.92. The van der Waals surface area contributed by atoms with Crippen LogP contribution in [0.15, 0.2) is 0 Å². The van der Waals surface area contributed by atoms with Gasteiger partial charge in [0.1, 0.15) is 0 Å². The molecule has 0 aromatic rings. The predicted octanol–water partition coefficient (Wildman–Crippen LogP) is 1.39. The lowest BCUT2D eigenvalue weighted by molar-refractivity contribution is 0.0579. The van der Waals surface area contributed by atoms with Gasteiger partial charge in [-0.25, -0.2) is 0 Å². The number of rotatable bonds is 5. The summed E-state index contributed by atoms with van der Waals surface area (Å²) in [4.78, 5) is 5.09. The Morgan fingerprint density at radius 2 is 2.00 bits per heavy atom. The second-order valence-electron chi connectivity index (χ2n) is 5.56. The molecule has 1 aliphatic heterocycles.